The van der Waals surface area contributed by atoms with Gasteiger partial charge in [0, 0.05) is 24.6 Å². The van der Waals surface area contributed by atoms with E-state index in [1.54, 1.807) is 0 Å². The van der Waals surface area contributed by atoms with Crippen molar-refractivity contribution in [1.82, 2.24) is 10.2 Å². The maximum atomic E-state index is 12.7. The quantitative estimate of drug-likeness (QED) is 0.921. The summed E-state index contributed by atoms with van der Waals surface area (Å²) in [6.45, 7) is 10.5. The Bertz CT molecular complexity index is 592. The third-order valence-electron chi connectivity index (χ3n) is 5.20. The fraction of sp³-hybridized carbons (Fsp3) is 0.722. The molecule has 0 aromatic carbocycles. The minimum Gasteiger partial charge on any atom is -0.466 e. The number of amides is 2. The van der Waals surface area contributed by atoms with Crippen LogP contribution in [0.3, 0.4) is 0 Å². The summed E-state index contributed by atoms with van der Waals surface area (Å²) < 4.78 is 17.1. The smallest absolute Gasteiger partial charge is 0.317 e. The summed E-state index contributed by atoms with van der Waals surface area (Å²) >= 11 is 0. The van der Waals surface area contributed by atoms with Gasteiger partial charge in [0.25, 0.3) is 0 Å². The molecule has 1 aromatic heterocycles. The van der Waals surface area contributed by atoms with Gasteiger partial charge in [-0.25, -0.2) is 4.79 Å². The van der Waals surface area contributed by atoms with E-state index in [-0.39, 0.29) is 18.0 Å². The van der Waals surface area contributed by atoms with Gasteiger partial charge < -0.3 is 24.1 Å². The molecular formula is C18H28N2O4. The van der Waals surface area contributed by atoms with Crippen LogP contribution < -0.4 is 5.32 Å². The van der Waals surface area contributed by atoms with Crippen molar-refractivity contribution in [3.63, 3.8) is 0 Å². The lowest BCUT2D eigenvalue weighted by Gasteiger charge is -2.40. The number of rotatable bonds is 3. The summed E-state index contributed by atoms with van der Waals surface area (Å²) in [7, 11) is 0. The van der Waals surface area contributed by atoms with Crippen LogP contribution in [0.15, 0.2) is 10.5 Å². The van der Waals surface area contributed by atoms with Crippen LogP contribution in [-0.2, 0) is 9.47 Å². The van der Waals surface area contributed by atoms with E-state index in [2.05, 4.69) is 5.32 Å². The molecule has 3 rings (SSSR count). The molecule has 2 fully saturated rings. The number of hydrogen-bond donors (Lipinski definition) is 1. The van der Waals surface area contributed by atoms with Crippen LogP contribution in [0.5, 0.6) is 0 Å². The van der Waals surface area contributed by atoms with Gasteiger partial charge in [0.1, 0.15) is 11.5 Å². The zero-order valence-electron chi connectivity index (χ0n) is 15.1. The van der Waals surface area contributed by atoms with Crippen LogP contribution >= 0.6 is 0 Å². The molecule has 2 aliphatic rings. The highest BCUT2D eigenvalue weighted by Gasteiger charge is 2.42. The number of carbonyl (C=O) groups is 1. The van der Waals surface area contributed by atoms with Crippen LogP contribution in [0.25, 0.3) is 0 Å². The van der Waals surface area contributed by atoms with Gasteiger partial charge in [-0.2, -0.15) is 0 Å². The Morgan fingerprint density at radius 2 is 2.08 bits per heavy atom. The predicted molar refractivity (Wildman–Crippen MR) is 89.7 cm³/mol. The summed E-state index contributed by atoms with van der Waals surface area (Å²) in [4.78, 5) is 14.5. The molecule has 0 aliphatic carbocycles. The lowest BCUT2D eigenvalue weighted by atomic mass is 9.90. The topological polar surface area (TPSA) is 63.9 Å². The molecule has 2 aliphatic heterocycles. The lowest BCUT2D eigenvalue weighted by molar-refractivity contribution is -0.189. The van der Waals surface area contributed by atoms with Crippen molar-refractivity contribution in [2.75, 3.05) is 26.3 Å². The van der Waals surface area contributed by atoms with E-state index < -0.39 is 5.79 Å². The van der Waals surface area contributed by atoms with E-state index in [1.807, 2.05) is 38.7 Å². The highest BCUT2D eigenvalue weighted by molar-refractivity contribution is 5.74. The number of furan rings is 1. The predicted octanol–water partition coefficient (Wildman–Crippen LogP) is 3.14. The van der Waals surface area contributed by atoms with Gasteiger partial charge in [0.05, 0.1) is 19.3 Å². The molecule has 1 aromatic rings. The Kier molecular flexibility index (Phi) is 4.88. The first-order valence-electron chi connectivity index (χ1n) is 8.79. The molecule has 6 nitrogen and oxygen atoms in total. The molecule has 3 heterocycles. The monoisotopic (exact) mass is 336 g/mol. The minimum atomic E-state index is -0.553. The zero-order valence-corrected chi connectivity index (χ0v) is 15.1. The van der Waals surface area contributed by atoms with Crippen molar-refractivity contribution in [1.29, 1.82) is 0 Å². The van der Waals surface area contributed by atoms with E-state index in [4.69, 9.17) is 13.9 Å². The van der Waals surface area contributed by atoms with Crippen molar-refractivity contribution in [2.45, 2.75) is 52.4 Å². The van der Waals surface area contributed by atoms with Crippen LogP contribution in [0.4, 0.5) is 4.79 Å². The van der Waals surface area contributed by atoms with E-state index >= 15 is 0 Å². The molecule has 0 saturated carbocycles. The van der Waals surface area contributed by atoms with E-state index in [9.17, 15) is 4.79 Å². The molecule has 0 radical (unpaired) electrons. The standard InChI is InChI=1S/C18H28N2O4/c1-12-10-16(14(3)24-12)13(2)19-17(21)20-7-5-6-15(11-20)18(4)22-8-9-23-18/h10,13,15H,5-9,11H2,1-4H3,(H,19,21). The molecule has 2 unspecified atom stereocenters. The summed E-state index contributed by atoms with van der Waals surface area (Å²) in [6, 6.07) is 1.87. The number of piperidine rings is 1. The number of nitrogens with one attached hydrogen (secondary N) is 1. The number of likely N-dealkylation sites (tertiary alicyclic amines) is 1. The second-order valence-electron chi connectivity index (χ2n) is 7.04. The molecule has 0 bridgehead atoms. The Morgan fingerprint density at radius 1 is 1.38 bits per heavy atom. The zero-order chi connectivity index (χ0) is 17.3. The van der Waals surface area contributed by atoms with Crippen LogP contribution in [0, 0.1) is 19.8 Å². The molecular weight excluding hydrogens is 308 g/mol. The molecule has 1 N–H and O–H groups in total. The van der Waals surface area contributed by atoms with Gasteiger partial charge in [-0.3, -0.25) is 0 Å². The van der Waals surface area contributed by atoms with Crippen molar-refractivity contribution in [3.8, 4) is 0 Å². The van der Waals surface area contributed by atoms with Crippen molar-refractivity contribution >= 4 is 6.03 Å². The van der Waals surface area contributed by atoms with Gasteiger partial charge in [0.2, 0.25) is 0 Å². The number of urea groups is 1. The minimum absolute atomic E-state index is 0.0351. The van der Waals surface area contributed by atoms with Crippen LogP contribution in [-0.4, -0.2) is 43.0 Å². The lowest BCUT2D eigenvalue weighted by Crippen LogP contribution is -2.51. The fourth-order valence-electron chi connectivity index (χ4n) is 3.79. The van der Waals surface area contributed by atoms with Gasteiger partial charge in [-0.1, -0.05) is 0 Å². The van der Waals surface area contributed by atoms with E-state index in [0.717, 1.165) is 36.5 Å². The normalized spacial score (nSPS) is 24.8. The van der Waals surface area contributed by atoms with Crippen molar-refractivity contribution in [2.24, 2.45) is 5.92 Å². The third-order valence-corrected chi connectivity index (χ3v) is 5.20. The number of ether oxygens (including phenoxy) is 2. The van der Waals surface area contributed by atoms with Gasteiger partial charge in [0.15, 0.2) is 5.79 Å². The first-order chi connectivity index (χ1) is 11.4. The largest absolute Gasteiger partial charge is 0.466 e. The van der Waals surface area contributed by atoms with Gasteiger partial charge >= 0.3 is 6.03 Å². The van der Waals surface area contributed by atoms with E-state index in [1.165, 1.54) is 0 Å². The van der Waals surface area contributed by atoms with E-state index in [0.29, 0.717) is 19.8 Å². The number of nitrogens with zero attached hydrogens (tertiary/aromatic N) is 1. The second kappa shape index (κ2) is 6.76. The van der Waals surface area contributed by atoms with Gasteiger partial charge in [-0.15, -0.1) is 0 Å². The molecule has 134 valence electrons. The number of hydrogen-bond acceptors (Lipinski definition) is 4. The average molecular weight is 336 g/mol. The summed E-state index contributed by atoms with van der Waals surface area (Å²) in [6.07, 6.45) is 1.99. The second-order valence-corrected chi connectivity index (χ2v) is 7.04. The summed E-state index contributed by atoms with van der Waals surface area (Å²) in [5, 5.41) is 3.09. The summed E-state index contributed by atoms with van der Waals surface area (Å²) in [5.41, 5.74) is 1.03. The SMILES string of the molecule is Cc1cc(C(C)NC(=O)N2CCCC(C3(C)OCCO3)C2)c(C)o1. The van der Waals surface area contributed by atoms with Crippen LogP contribution in [0.1, 0.15) is 49.8 Å². The first kappa shape index (κ1) is 17.3. The highest BCUT2D eigenvalue weighted by Crippen LogP contribution is 2.34. The maximum absolute atomic E-state index is 12.7. The Hall–Kier alpha value is -1.53. The number of carbonyl (C=O) groups excluding carboxylic acids is 1. The van der Waals surface area contributed by atoms with Crippen molar-refractivity contribution < 1.29 is 18.7 Å². The fourth-order valence-corrected chi connectivity index (χ4v) is 3.79. The molecule has 0 spiro atoms. The molecule has 2 atom stereocenters. The van der Waals surface area contributed by atoms with Crippen molar-refractivity contribution in [3.05, 3.63) is 23.2 Å². The molecule has 2 amide bonds. The molecule has 2 saturated heterocycles. The third kappa shape index (κ3) is 3.44. The summed E-state index contributed by atoms with van der Waals surface area (Å²) in [5.74, 6) is 1.39. The Labute approximate surface area is 143 Å². The molecule has 24 heavy (non-hydrogen) atoms. The maximum Gasteiger partial charge on any atom is 0.317 e. The Balaban J connectivity index is 1.61. The first-order valence-corrected chi connectivity index (χ1v) is 8.79. The average Bonchev–Trinajstić information content (AvgIpc) is 3.14. The van der Waals surface area contributed by atoms with Crippen LogP contribution in [0.2, 0.25) is 0 Å². The van der Waals surface area contributed by atoms with Gasteiger partial charge in [-0.05, 0) is 46.6 Å². The number of aryl methyl sites for hydroxylation is 2. The Morgan fingerprint density at radius 3 is 2.71 bits per heavy atom. The highest BCUT2D eigenvalue weighted by atomic mass is 16.7. The molecule has 6 heteroatoms.